The summed E-state index contributed by atoms with van der Waals surface area (Å²) < 4.78 is 33.7. The standard InChI is InChI=1S/C17H15Cl3N2O3S/c18-11-3-5-13(17-21-7-1-2-8-25-17)16(9-11)22-26(23,24)12-4-6-14(19)15(20)10-12/h1,4-7,9-11,22H,2-3,8H2. The van der Waals surface area contributed by atoms with Gasteiger partial charge < -0.3 is 4.74 Å². The molecule has 1 N–H and O–H groups in total. The van der Waals surface area contributed by atoms with Crippen LogP contribution in [0.5, 0.6) is 0 Å². The number of allylic oxidation sites excluding steroid dienone is 2. The quantitative estimate of drug-likeness (QED) is 0.714. The number of hydrogen-bond acceptors (Lipinski definition) is 4. The highest BCUT2D eigenvalue weighted by Crippen LogP contribution is 2.27. The highest BCUT2D eigenvalue weighted by molar-refractivity contribution is 7.89. The number of halogens is 3. The molecule has 3 rings (SSSR count). The van der Waals surface area contributed by atoms with E-state index in [-0.39, 0.29) is 20.3 Å². The maximum Gasteiger partial charge on any atom is 0.261 e. The third-order valence-electron chi connectivity index (χ3n) is 3.68. The van der Waals surface area contributed by atoms with Crippen LogP contribution >= 0.6 is 34.8 Å². The fraction of sp³-hybridized carbons (Fsp3) is 0.235. The summed E-state index contributed by atoms with van der Waals surface area (Å²) >= 11 is 18.0. The van der Waals surface area contributed by atoms with Crippen molar-refractivity contribution in [3.8, 4) is 0 Å². The van der Waals surface area contributed by atoms with E-state index in [4.69, 9.17) is 39.5 Å². The molecule has 0 radical (unpaired) electrons. The average Bonchev–Trinajstić information content (AvgIpc) is 2.86. The van der Waals surface area contributed by atoms with E-state index in [9.17, 15) is 8.42 Å². The molecule has 1 aromatic carbocycles. The minimum atomic E-state index is -3.89. The summed E-state index contributed by atoms with van der Waals surface area (Å²) in [6.45, 7) is 0.462. The Labute approximate surface area is 167 Å². The van der Waals surface area contributed by atoms with Gasteiger partial charge in [-0.05, 0) is 30.7 Å². The summed E-state index contributed by atoms with van der Waals surface area (Å²) in [7, 11) is -3.89. The predicted molar refractivity (Wildman–Crippen MR) is 104 cm³/mol. The molecule has 0 saturated heterocycles. The molecule has 26 heavy (non-hydrogen) atoms. The molecule has 1 aliphatic carbocycles. The number of sulfonamides is 1. The lowest BCUT2D eigenvalue weighted by atomic mass is 10.0. The van der Waals surface area contributed by atoms with Gasteiger partial charge in [0.15, 0.2) is 0 Å². The minimum absolute atomic E-state index is 0.00698. The molecule has 1 atom stereocenters. The molecule has 0 amide bonds. The maximum absolute atomic E-state index is 12.7. The van der Waals surface area contributed by atoms with Crippen LogP contribution in [0.2, 0.25) is 10.0 Å². The van der Waals surface area contributed by atoms with Gasteiger partial charge in [-0.3, -0.25) is 4.72 Å². The normalized spacial score (nSPS) is 20.4. The molecule has 1 aromatic rings. The second-order valence-corrected chi connectivity index (χ2v) is 8.64. The zero-order valence-corrected chi connectivity index (χ0v) is 16.5. The van der Waals surface area contributed by atoms with Crippen molar-refractivity contribution in [2.75, 3.05) is 6.61 Å². The number of rotatable bonds is 4. The molecule has 1 unspecified atom stereocenters. The molecule has 1 heterocycles. The molecular weight excluding hydrogens is 419 g/mol. The number of nitrogens with zero attached hydrogens (tertiary/aromatic N) is 1. The van der Waals surface area contributed by atoms with E-state index in [1.165, 1.54) is 18.2 Å². The highest BCUT2D eigenvalue weighted by atomic mass is 35.5. The van der Waals surface area contributed by atoms with Gasteiger partial charge in [0.2, 0.25) is 5.90 Å². The van der Waals surface area contributed by atoms with Gasteiger partial charge in [0.1, 0.15) is 0 Å². The van der Waals surface area contributed by atoms with E-state index >= 15 is 0 Å². The fourth-order valence-electron chi connectivity index (χ4n) is 2.42. The molecule has 2 aliphatic rings. The number of alkyl halides is 1. The van der Waals surface area contributed by atoms with Crippen molar-refractivity contribution in [1.82, 2.24) is 4.72 Å². The number of nitrogens with one attached hydrogen (secondary N) is 1. The summed E-state index contributed by atoms with van der Waals surface area (Å²) in [5.74, 6) is 0.352. The lowest BCUT2D eigenvalue weighted by molar-refractivity contribution is 0.315. The van der Waals surface area contributed by atoms with Crippen molar-refractivity contribution >= 4 is 50.7 Å². The first-order valence-electron chi connectivity index (χ1n) is 7.77. The van der Waals surface area contributed by atoms with Crippen molar-refractivity contribution in [2.24, 2.45) is 4.99 Å². The van der Waals surface area contributed by atoms with Gasteiger partial charge in [0.05, 0.1) is 38.2 Å². The van der Waals surface area contributed by atoms with E-state index in [0.29, 0.717) is 30.2 Å². The van der Waals surface area contributed by atoms with Crippen LogP contribution in [0.4, 0.5) is 0 Å². The smallest absolute Gasteiger partial charge is 0.261 e. The number of aliphatic imine (C=N–C) groups is 1. The zero-order valence-electron chi connectivity index (χ0n) is 13.5. The van der Waals surface area contributed by atoms with Crippen molar-refractivity contribution in [3.05, 3.63) is 63.9 Å². The van der Waals surface area contributed by atoms with Crippen LogP contribution in [0.3, 0.4) is 0 Å². The van der Waals surface area contributed by atoms with Crippen LogP contribution in [-0.2, 0) is 14.8 Å². The largest absolute Gasteiger partial charge is 0.477 e. The number of benzene rings is 1. The molecule has 1 aliphatic heterocycles. The summed E-state index contributed by atoms with van der Waals surface area (Å²) in [5, 5.41) is 0.0869. The number of ether oxygens (including phenoxy) is 1. The zero-order chi connectivity index (χ0) is 18.7. The van der Waals surface area contributed by atoms with E-state index in [1.807, 2.05) is 12.2 Å². The molecule has 0 fully saturated rings. The lowest BCUT2D eigenvalue weighted by Gasteiger charge is -2.21. The van der Waals surface area contributed by atoms with Crippen molar-refractivity contribution < 1.29 is 13.2 Å². The molecule has 0 saturated carbocycles. The number of hydrogen-bond donors (Lipinski definition) is 1. The molecule has 138 valence electrons. The summed E-state index contributed by atoms with van der Waals surface area (Å²) in [5.41, 5.74) is 0.869. The second kappa shape index (κ2) is 8.05. The van der Waals surface area contributed by atoms with Crippen LogP contribution in [0, 0.1) is 0 Å². The molecule has 0 aromatic heterocycles. The third kappa shape index (κ3) is 4.43. The van der Waals surface area contributed by atoms with E-state index in [1.54, 1.807) is 12.3 Å². The lowest BCUT2D eigenvalue weighted by Crippen LogP contribution is -2.29. The molecule has 9 heteroatoms. The first-order chi connectivity index (χ1) is 12.4. The second-order valence-electron chi connectivity index (χ2n) is 5.59. The van der Waals surface area contributed by atoms with Gasteiger partial charge in [-0.15, -0.1) is 11.6 Å². The van der Waals surface area contributed by atoms with Crippen LogP contribution in [0.25, 0.3) is 0 Å². The van der Waals surface area contributed by atoms with Gasteiger partial charge >= 0.3 is 0 Å². The minimum Gasteiger partial charge on any atom is -0.477 e. The summed E-state index contributed by atoms with van der Waals surface area (Å²) in [4.78, 5) is 4.23. The van der Waals surface area contributed by atoms with Gasteiger partial charge in [0, 0.05) is 12.6 Å². The first-order valence-corrected chi connectivity index (χ1v) is 10.4. The monoisotopic (exact) mass is 432 g/mol. The van der Waals surface area contributed by atoms with Crippen molar-refractivity contribution in [2.45, 2.75) is 23.1 Å². The SMILES string of the molecule is O=S(=O)(NC1=CC(Cl)CC=C1C1=NC=CCCO1)c1ccc(Cl)c(Cl)c1. The molecule has 0 bridgehead atoms. The Morgan fingerprint density at radius 3 is 2.81 bits per heavy atom. The first kappa shape index (κ1) is 19.3. The van der Waals surface area contributed by atoms with Crippen molar-refractivity contribution in [1.29, 1.82) is 0 Å². The predicted octanol–water partition coefficient (Wildman–Crippen LogP) is 4.43. The molecule has 0 spiro atoms. The summed E-state index contributed by atoms with van der Waals surface area (Å²) in [6.07, 6.45) is 8.23. The van der Waals surface area contributed by atoms with E-state index in [2.05, 4.69) is 9.71 Å². The van der Waals surface area contributed by atoms with Crippen LogP contribution in [0.1, 0.15) is 12.8 Å². The van der Waals surface area contributed by atoms with Gasteiger partial charge in [-0.2, -0.15) is 0 Å². The Hall–Kier alpha value is -1.47. The highest BCUT2D eigenvalue weighted by Gasteiger charge is 2.25. The van der Waals surface area contributed by atoms with Crippen LogP contribution in [-0.4, -0.2) is 26.3 Å². The Bertz CT molecular complexity index is 937. The Morgan fingerprint density at radius 1 is 1.23 bits per heavy atom. The van der Waals surface area contributed by atoms with Crippen LogP contribution in [0.15, 0.2) is 63.8 Å². The van der Waals surface area contributed by atoms with Gasteiger partial charge in [0.25, 0.3) is 10.0 Å². The fourth-order valence-corrected chi connectivity index (χ4v) is 4.10. The molecule has 5 nitrogen and oxygen atoms in total. The Kier molecular flexibility index (Phi) is 5.97. The van der Waals surface area contributed by atoms with E-state index < -0.39 is 10.0 Å². The summed E-state index contributed by atoms with van der Waals surface area (Å²) in [6, 6.07) is 4.10. The Morgan fingerprint density at radius 2 is 2.04 bits per heavy atom. The van der Waals surface area contributed by atoms with Gasteiger partial charge in [-0.25, -0.2) is 13.4 Å². The molecular formula is C17H15Cl3N2O3S. The average molecular weight is 434 g/mol. The van der Waals surface area contributed by atoms with Crippen molar-refractivity contribution in [3.63, 3.8) is 0 Å². The van der Waals surface area contributed by atoms with E-state index in [0.717, 1.165) is 6.42 Å². The van der Waals surface area contributed by atoms with Gasteiger partial charge in [-0.1, -0.05) is 35.4 Å². The third-order valence-corrected chi connectivity index (χ3v) is 6.09. The van der Waals surface area contributed by atoms with Crippen LogP contribution < -0.4 is 4.72 Å². The maximum atomic E-state index is 12.7. The Balaban J connectivity index is 1.92. The topological polar surface area (TPSA) is 67.8 Å².